The van der Waals surface area contributed by atoms with Crippen LogP contribution in [0.1, 0.15) is 20.8 Å². The third kappa shape index (κ3) is 7.98. The van der Waals surface area contributed by atoms with Crippen LogP contribution >= 0.6 is 0 Å². The van der Waals surface area contributed by atoms with E-state index in [1.807, 2.05) is 0 Å². The molecule has 7 heteroatoms. The summed E-state index contributed by atoms with van der Waals surface area (Å²) in [5, 5.41) is 2.42. The monoisotopic (exact) mass is 256 g/mol. The average Bonchev–Trinajstić information content (AvgIpc) is 2.12. The molecule has 0 spiro atoms. The molecule has 0 aromatic rings. The number of hydrogen-bond acceptors (Lipinski definition) is 3. The van der Waals surface area contributed by atoms with Gasteiger partial charge in [-0.05, 0) is 5.41 Å². The molecule has 0 bridgehead atoms. The van der Waals surface area contributed by atoms with Crippen molar-refractivity contribution in [3.63, 3.8) is 0 Å². The lowest BCUT2D eigenvalue weighted by Gasteiger charge is -2.25. The number of halogens is 3. The average molecular weight is 256 g/mol. The van der Waals surface area contributed by atoms with E-state index in [1.165, 1.54) is 0 Å². The van der Waals surface area contributed by atoms with Crippen LogP contribution in [0.2, 0.25) is 0 Å². The molecule has 4 nitrogen and oxygen atoms in total. The van der Waals surface area contributed by atoms with Crippen molar-refractivity contribution < 1.29 is 22.7 Å². The standard InChI is InChI=1S/C10H19F3N2O2/c1-9(2,3)7(14)8(16)15-4-5-17-6-10(11,12)13/h7H,4-6,14H2,1-3H3,(H,15,16)/t7-/m0/s1. The van der Waals surface area contributed by atoms with E-state index in [-0.39, 0.29) is 13.2 Å². The molecule has 0 saturated heterocycles. The number of alkyl halides is 3. The Hall–Kier alpha value is -0.820. The van der Waals surface area contributed by atoms with Gasteiger partial charge in [0.25, 0.3) is 0 Å². The van der Waals surface area contributed by atoms with E-state index in [0.29, 0.717) is 0 Å². The molecule has 0 fully saturated rings. The first kappa shape index (κ1) is 16.2. The third-order valence-electron chi connectivity index (χ3n) is 2.03. The fourth-order valence-electron chi connectivity index (χ4n) is 0.938. The number of rotatable bonds is 5. The summed E-state index contributed by atoms with van der Waals surface area (Å²) in [6.07, 6.45) is -4.34. The fraction of sp³-hybridized carbons (Fsp3) is 0.900. The molecule has 0 unspecified atom stereocenters. The molecule has 0 radical (unpaired) electrons. The second kappa shape index (κ2) is 6.20. The van der Waals surface area contributed by atoms with Crippen LogP contribution in [-0.2, 0) is 9.53 Å². The topological polar surface area (TPSA) is 64.4 Å². The van der Waals surface area contributed by atoms with E-state index < -0.39 is 30.1 Å². The van der Waals surface area contributed by atoms with Crippen molar-refractivity contribution in [2.75, 3.05) is 19.8 Å². The summed E-state index contributed by atoms with van der Waals surface area (Å²) in [4.78, 5) is 11.4. The van der Waals surface area contributed by atoms with Crippen LogP contribution < -0.4 is 11.1 Å². The number of carbonyl (C=O) groups is 1. The predicted octanol–water partition coefficient (Wildman–Crippen LogP) is 1.05. The van der Waals surface area contributed by atoms with Gasteiger partial charge in [0.05, 0.1) is 12.6 Å². The smallest absolute Gasteiger partial charge is 0.370 e. The molecule has 3 N–H and O–H groups in total. The molecule has 1 atom stereocenters. The minimum atomic E-state index is -4.34. The van der Waals surface area contributed by atoms with Gasteiger partial charge in [-0.1, -0.05) is 20.8 Å². The van der Waals surface area contributed by atoms with Gasteiger partial charge in [-0.3, -0.25) is 4.79 Å². The number of nitrogens with one attached hydrogen (secondary N) is 1. The third-order valence-corrected chi connectivity index (χ3v) is 2.03. The highest BCUT2D eigenvalue weighted by molar-refractivity contribution is 5.82. The maximum absolute atomic E-state index is 11.7. The molecule has 0 aromatic carbocycles. The Balaban J connectivity index is 3.73. The Bertz CT molecular complexity index is 249. The second-order valence-electron chi connectivity index (χ2n) is 4.80. The van der Waals surface area contributed by atoms with Gasteiger partial charge in [0.1, 0.15) is 6.61 Å². The molecule has 1 amide bonds. The Morgan fingerprint density at radius 3 is 2.29 bits per heavy atom. The molecular weight excluding hydrogens is 237 g/mol. The van der Waals surface area contributed by atoms with E-state index in [2.05, 4.69) is 10.1 Å². The van der Waals surface area contributed by atoms with Gasteiger partial charge in [0.2, 0.25) is 5.91 Å². The Kier molecular flexibility index (Phi) is 5.91. The molecule has 0 aliphatic heterocycles. The van der Waals surface area contributed by atoms with Crippen molar-refractivity contribution in [1.29, 1.82) is 0 Å². The van der Waals surface area contributed by atoms with Crippen molar-refractivity contribution in [3.05, 3.63) is 0 Å². The summed E-state index contributed by atoms with van der Waals surface area (Å²) in [6, 6.07) is -0.704. The van der Waals surface area contributed by atoms with Crippen LogP contribution in [-0.4, -0.2) is 37.9 Å². The van der Waals surface area contributed by atoms with Crippen LogP contribution in [0.5, 0.6) is 0 Å². The lowest BCUT2D eigenvalue weighted by Crippen LogP contribution is -2.49. The number of amides is 1. The van der Waals surface area contributed by atoms with Gasteiger partial charge < -0.3 is 15.8 Å². The van der Waals surface area contributed by atoms with Crippen molar-refractivity contribution in [2.24, 2.45) is 11.1 Å². The Morgan fingerprint density at radius 1 is 1.35 bits per heavy atom. The number of nitrogens with two attached hydrogens (primary N) is 1. The maximum atomic E-state index is 11.7. The van der Waals surface area contributed by atoms with Crippen LogP contribution in [0.25, 0.3) is 0 Å². The van der Waals surface area contributed by atoms with Crippen LogP contribution in [0.3, 0.4) is 0 Å². The second-order valence-corrected chi connectivity index (χ2v) is 4.80. The summed E-state index contributed by atoms with van der Waals surface area (Å²) in [5.74, 6) is -0.395. The summed E-state index contributed by atoms with van der Waals surface area (Å²) in [6.45, 7) is 3.92. The number of hydrogen-bond donors (Lipinski definition) is 2. The largest absolute Gasteiger partial charge is 0.411 e. The first-order chi connectivity index (χ1) is 7.54. The van der Waals surface area contributed by atoms with Crippen molar-refractivity contribution in [3.8, 4) is 0 Å². The molecule has 0 aliphatic carbocycles. The van der Waals surface area contributed by atoms with Crippen molar-refractivity contribution in [2.45, 2.75) is 33.0 Å². The van der Waals surface area contributed by atoms with E-state index in [1.54, 1.807) is 20.8 Å². The zero-order valence-corrected chi connectivity index (χ0v) is 10.2. The SMILES string of the molecule is CC(C)(C)[C@@H](N)C(=O)NCCOCC(F)(F)F. The molecule has 0 aromatic heterocycles. The zero-order valence-electron chi connectivity index (χ0n) is 10.2. The summed E-state index contributed by atoms with van der Waals surface area (Å²) in [5.41, 5.74) is 5.25. The number of carbonyl (C=O) groups excluding carboxylic acids is 1. The Labute approximate surface area is 98.7 Å². The lowest BCUT2D eigenvalue weighted by atomic mass is 9.87. The quantitative estimate of drug-likeness (QED) is 0.723. The Morgan fingerprint density at radius 2 is 1.88 bits per heavy atom. The van der Waals surface area contributed by atoms with E-state index in [0.717, 1.165) is 0 Å². The van der Waals surface area contributed by atoms with Gasteiger partial charge in [-0.2, -0.15) is 13.2 Å². The van der Waals surface area contributed by atoms with Gasteiger partial charge in [0, 0.05) is 6.54 Å². The van der Waals surface area contributed by atoms with Gasteiger partial charge in [-0.15, -0.1) is 0 Å². The van der Waals surface area contributed by atoms with Gasteiger partial charge >= 0.3 is 6.18 Å². The molecule has 0 rings (SSSR count). The van der Waals surface area contributed by atoms with E-state index in [4.69, 9.17) is 5.73 Å². The molecule has 0 aliphatic rings. The summed E-state index contributed by atoms with van der Waals surface area (Å²) >= 11 is 0. The first-order valence-electron chi connectivity index (χ1n) is 5.22. The minimum absolute atomic E-state index is 0.0126. The molecule has 17 heavy (non-hydrogen) atoms. The number of ether oxygens (including phenoxy) is 1. The molecular formula is C10H19F3N2O2. The van der Waals surface area contributed by atoms with E-state index >= 15 is 0 Å². The van der Waals surface area contributed by atoms with Crippen LogP contribution in [0, 0.1) is 5.41 Å². The normalized spacial score (nSPS) is 14.5. The summed E-state index contributed by atoms with van der Waals surface area (Å²) in [7, 11) is 0. The lowest BCUT2D eigenvalue weighted by molar-refractivity contribution is -0.173. The highest BCUT2D eigenvalue weighted by atomic mass is 19.4. The summed E-state index contributed by atoms with van der Waals surface area (Å²) < 4.78 is 39.4. The maximum Gasteiger partial charge on any atom is 0.411 e. The van der Waals surface area contributed by atoms with Crippen LogP contribution in [0.4, 0.5) is 13.2 Å². The van der Waals surface area contributed by atoms with E-state index in [9.17, 15) is 18.0 Å². The zero-order chi connectivity index (χ0) is 13.7. The molecule has 0 saturated carbocycles. The molecule has 102 valence electrons. The predicted molar refractivity (Wildman–Crippen MR) is 57.3 cm³/mol. The van der Waals surface area contributed by atoms with Crippen molar-refractivity contribution in [1.82, 2.24) is 5.32 Å². The highest BCUT2D eigenvalue weighted by Crippen LogP contribution is 2.17. The molecule has 0 heterocycles. The van der Waals surface area contributed by atoms with Crippen LogP contribution in [0.15, 0.2) is 0 Å². The minimum Gasteiger partial charge on any atom is -0.370 e. The van der Waals surface area contributed by atoms with Crippen molar-refractivity contribution >= 4 is 5.91 Å². The fourth-order valence-corrected chi connectivity index (χ4v) is 0.938. The highest BCUT2D eigenvalue weighted by Gasteiger charge is 2.28. The first-order valence-corrected chi connectivity index (χ1v) is 5.22. The van der Waals surface area contributed by atoms with Gasteiger partial charge in [-0.25, -0.2) is 0 Å². The van der Waals surface area contributed by atoms with Gasteiger partial charge in [0.15, 0.2) is 0 Å².